The molecule has 7 heteroatoms. The first-order valence-electron chi connectivity index (χ1n) is 5.34. The van der Waals surface area contributed by atoms with Crippen LogP contribution in [0.3, 0.4) is 0 Å². The third kappa shape index (κ3) is 3.36. The van der Waals surface area contributed by atoms with Crippen LogP contribution in [0.5, 0.6) is 0 Å². The van der Waals surface area contributed by atoms with Crippen LogP contribution >= 0.6 is 0 Å². The third-order valence-corrected chi connectivity index (χ3v) is 2.24. The Morgan fingerprint density at radius 1 is 1.33 bits per heavy atom. The van der Waals surface area contributed by atoms with Crippen LogP contribution in [-0.4, -0.2) is 37.9 Å². The Balaban J connectivity index is 1.97. The summed E-state index contributed by atoms with van der Waals surface area (Å²) in [6.07, 6.45) is 0. The molecular formula is C11H12N4O3. The predicted molar refractivity (Wildman–Crippen MR) is 60.7 cm³/mol. The van der Waals surface area contributed by atoms with Crippen molar-refractivity contribution < 1.29 is 14.6 Å². The number of aromatic nitrogens is 4. The van der Waals surface area contributed by atoms with Crippen LogP contribution in [0.15, 0.2) is 30.3 Å². The largest absolute Gasteiger partial charge is 0.480 e. The minimum atomic E-state index is -1.02. The van der Waals surface area contributed by atoms with Gasteiger partial charge in [-0.05, 0) is 16.0 Å². The molecular weight excluding hydrogens is 236 g/mol. The van der Waals surface area contributed by atoms with Gasteiger partial charge in [0.1, 0.15) is 13.2 Å². The van der Waals surface area contributed by atoms with Gasteiger partial charge in [-0.2, -0.15) is 0 Å². The topological polar surface area (TPSA) is 90.1 Å². The SMILES string of the molecule is O=C(O)COCc1nnnn1Cc1ccccc1. The van der Waals surface area contributed by atoms with Gasteiger partial charge in [0, 0.05) is 0 Å². The van der Waals surface area contributed by atoms with E-state index in [-0.39, 0.29) is 13.2 Å². The molecule has 0 spiro atoms. The van der Waals surface area contributed by atoms with Crippen molar-refractivity contribution >= 4 is 5.97 Å². The molecule has 1 aromatic carbocycles. The second-order valence-electron chi connectivity index (χ2n) is 3.62. The maximum absolute atomic E-state index is 10.3. The Hall–Kier alpha value is -2.28. The van der Waals surface area contributed by atoms with E-state index in [4.69, 9.17) is 9.84 Å². The summed E-state index contributed by atoms with van der Waals surface area (Å²) >= 11 is 0. The summed E-state index contributed by atoms with van der Waals surface area (Å²) in [4.78, 5) is 10.3. The third-order valence-electron chi connectivity index (χ3n) is 2.24. The van der Waals surface area contributed by atoms with Crippen LogP contribution in [0, 0.1) is 0 Å². The van der Waals surface area contributed by atoms with Crippen molar-refractivity contribution in [3.63, 3.8) is 0 Å². The highest BCUT2D eigenvalue weighted by atomic mass is 16.5. The van der Waals surface area contributed by atoms with E-state index in [1.54, 1.807) is 4.68 Å². The van der Waals surface area contributed by atoms with E-state index in [0.717, 1.165) is 5.56 Å². The van der Waals surface area contributed by atoms with E-state index in [0.29, 0.717) is 12.4 Å². The molecule has 2 aromatic rings. The number of hydrogen-bond acceptors (Lipinski definition) is 5. The van der Waals surface area contributed by atoms with Gasteiger partial charge in [0.2, 0.25) is 0 Å². The summed E-state index contributed by atoms with van der Waals surface area (Å²) in [7, 11) is 0. The number of carbonyl (C=O) groups is 1. The van der Waals surface area contributed by atoms with Gasteiger partial charge in [-0.1, -0.05) is 30.3 Å². The molecule has 7 nitrogen and oxygen atoms in total. The summed E-state index contributed by atoms with van der Waals surface area (Å²) in [6, 6.07) is 9.72. The van der Waals surface area contributed by atoms with Gasteiger partial charge in [0.15, 0.2) is 5.82 Å². The van der Waals surface area contributed by atoms with Crippen LogP contribution in [-0.2, 0) is 22.7 Å². The summed E-state index contributed by atoms with van der Waals surface area (Å²) in [5.41, 5.74) is 1.06. The highest BCUT2D eigenvalue weighted by Crippen LogP contribution is 2.03. The zero-order valence-electron chi connectivity index (χ0n) is 9.56. The van der Waals surface area contributed by atoms with Crippen molar-refractivity contribution in [2.45, 2.75) is 13.2 Å². The van der Waals surface area contributed by atoms with Crippen LogP contribution < -0.4 is 0 Å². The number of nitrogens with zero attached hydrogens (tertiary/aromatic N) is 4. The number of carboxylic acid groups (broad SMARTS) is 1. The molecule has 2 rings (SSSR count). The van der Waals surface area contributed by atoms with Crippen molar-refractivity contribution in [1.29, 1.82) is 0 Å². The molecule has 0 saturated carbocycles. The lowest BCUT2D eigenvalue weighted by atomic mass is 10.2. The lowest BCUT2D eigenvalue weighted by molar-refractivity contribution is -0.142. The van der Waals surface area contributed by atoms with Crippen LogP contribution in [0.4, 0.5) is 0 Å². The highest BCUT2D eigenvalue weighted by Gasteiger charge is 2.07. The van der Waals surface area contributed by atoms with E-state index in [1.807, 2.05) is 30.3 Å². The first kappa shape index (κ1) is 12.2. The number of benzene rings is 1. The number of aliphatic carboxylic acids is 1. The lowest BCUT2D eigenvalue weighted by Crippen LogP contribution is -2.12. The average Bonchev–Trinajstić information content (AvgIpc) is 2.78. The van der Waals surface area contributed by atoms with Crippen LogP contribution in [0.2, 0.25) is 0 Å². The van der Waals surface area contributed by atoms with E-state index in [1.165, 1.54) is 0 Å². The fourth-order valence-corrected chi connectivity index (χ4v) is 1.44. The molecule has 0 amide bonds. The van der Waals surface area contributed by atoms with E-state index in [2.05, 4.69) is 15.5 Å². The van der Waals surface area contributed by atoms with Crippen molar-refractivity contribution in [1.82, 2.24) is 20.2 Å². The number of tetrazole rings is 1. The molecule has 0 aliphatic carbocycles. The summed E-state index contributed by atoms with van der Waals surface area (Å²) in [6.45, 7) is 0.240. The van der Waals surface area contributed by atoms with Gasteiger partial charge in [-0.3, -0.25) is 0 Å². The van der Waals surface area contributed by atoms with Crippen molar-refractivity contribution in [2.75, 3.05) is 6.61 Å². The molecule has 0 unspecified atom stereocenters. The smallest absolute Gasteiger partial charge is 0.329 e. The van der Waals surface area contributed by atoms with Gasteiger partial charge >= 0.3 is 5.97 Å². The zero-order chi connectivity index (χ0) is 12.8. The Bertz CT molecular complexity index is 512. The molecule has 0 bridgehead atoms. The first-order chi connectivity index (χ1) is 8.75. The van der Waals surface area contributed by atoms with E-state index in [9.17, 15) is 4.79 Å². The molecule has 0 aliphatic heterocycles. The highest BCUT2D eigenvalue weighted by molar-refractivity contribution is 5.67. The molecule has 0 saturated heterocycles. The van der Waals surface area contributed by atoms with E-state index >= 15 is 0 Å². The fourth-order valence-electron chi connectivity index (χ4n) is 1.44. The molecule has 1 heterocycles. The second-order valence-corrected chi connectivity index (χ2v) is 3.62. The van der Waals surface area contributed by atoms with Crippen LogP contribution in [0.1, 0.15) is 11.4 Å². The molecule has 0 atom stereocenters. The van der Waals surface area contributed by atoms with Gasteiger partial charge in [-0.25, -0.2) is 9.48 Å². The number of carboxylic acids is 1. The van der Waals surface area contributed by atoms with E-state index < -0.39 is 5.97 Å². The van der Waals surface area contributed by atoms with Gasteiger partial charge in [-0.15, -0.1) is 5.10 Å². The zero-order valence-corrected chi connectivity index (χ0v) is 9.56. The summed E-state index contributed by atoms with van der Waals surface area (Å²) in [5.74, 6) is -0.516. The lowest BCUT2D eigenvalue weighted by Gasteiger charge is -2.04. The molecule has 0 radical (unpaired) electrons. The summed E-state index contributed by atoms with van der Waals surface area (Å²) < 4.78 is 6.54. The Morgan fingerprint density at radius 2 is 2.11 bits per heavy atom. The molecule has 1 aromatic heterocycles. The minimum Gasteiger partial charge on any atom is -0.480 e. The maximum atomic E-state index is 10.3. The Kier molecular flexibility index (Phi) is 3.98. The predicted octanol–water partition coefficient (Wildman–Crippen LogP) is 0.323. The fraction of sp³-hybridized carbons (Fsp3) is 0.273. The number of rotatable bonds is 6. The molecule has 18 heavy (non-hydrogen) atoms. The van der Waals surface area contributed by atoms with Gasteiger partial charge < -0.3 is 9.84 Å². The van der Waals surface area contributed by atoms with Gasteiger partial charge in [0.05, 0.1) is 6.54 Å². The quantitative estimate of drug-likeness (QED) is 0.791. The average molecular weight is 248 g/mol. The molecule has 94 valence electrons. The second kappa shape index (κ2) is 5.87. The molecule has 0 fully saturated rings. The van der Waals surface area contributed by atoms with Crippen molar-refractivity contribution in [3.05, 3.63) is 41.7 Å². The Morgan fingerprint density at radius 3 is 2.83 bits per heavy atom. The Labute approximate surface area is 103 Å². The summed E-state index contributed by atoms with van der Waals surface area (Å²) in [5, 5.41) is 19.6. The first-order valence-corrected chi connectivity index (χ1v) is 5.34. The van der Waals surface area contributed by atoms with Crippen LogP contribution in [0.25, 0.3) is 0 Å². The monoisotopic (exact) mass is 248 g/mol. The minimum absolute atomic E-state index is 0.0755. The molecule has 1 N–H and O–H groups in total. The van der Waals surface area contributed by atoms with Gasteiger partial charge in [0.25, 0.3) is 0 Å². The van der Waals surface area contributed by atoms with Crippen molar-refractivity contribution in [3.8, 4) is 0 Å². The van der Waals surface area contributed by atoms with Crippen molar-refractivity contribution in [2.24, 2.45) is 0 Å². The molecule has 0 aliphatic rings. The number of hydrogen-bond donors (Lipinski definition) is 1. The normalized spacial score (nSPS) is 10.4. The standard InChI is InChI=1S/C11H12N4O3/c16-11(17)8-18-7-10-12-13-14-15(10)6-9-4-2-1-3-5-9/h1-5H,6-8H2,(H,16,17). The maximum Gasteiger partial charge on any atom is 0.329 e. The number of ether oxygens (including phenoxy) is 1.